The number of hydrogen-bond donors (Lipinski definition) is 2. The van der Waals surface area contributed by atoms with Crippen molar-refractivity contribution >= 4 is 34.2 Å². The van der Waals surface area contributed by atoms with E-state index in [0.29, 0.717) is 11.6 Å². The van der Waals surface area contributed by atoms with E-state index in [4.69, 9.17) is 0 Å². The van der Waals surface area contributed by atoms with E-state index in [2.05, 4.69) is 38.3 Å². The van der Waals surface area contributed by atoms with Gasteiger partial charge in [0.15, 0.2) is 0 Å². The van der Waals surface area contributed by atoms with Crippen LogP contribution in [0.3, 0.4) is 0 Å². The maximum absolute atomic E-state index is 12.2. The Labute approximate surface area is 137 Å². The highest BCUT2D eigenvalue weighted by molar-refractivity contribution is 14.1. The van der Waals surface area contributed by atoms with Gasteiger partial charge < -0.3 is 10.6 Å². The van der Waals surface area contributed by atoms with Crippen molar-refractivity contribution in [3.8, 4) is 0 Å². The van der Waals surface area contributed by atoms with Gasteiger partial charge in [0.05, 0.1) is 17.9 Å². The van der Waals surface area contributed by atoms with Crippen LogP contribution in [0.5, 0.6) is 0 Å². The van der Waals surface area contributed by atoms with Gasteiger partial charge in [0, 0.05) is 15.3 Å². The Balaban J connectivity index is 1.66. The number of carbonyl (C=O) groups is 1. The van der Waals surface area contributed by atoms with Gasteiger partial charge >= 0.3 is 0 Å². The van der Waals surface area contributed by atoms with E-state index in [0.717, 1.165) is 35.2 Å². The van der Waals surface area contributed by atoms with Crippen LogP contribution in [0.2, 0.25) is 0 Å². The summed E-state index contributed by atoms with van der Waals surface area (Å²) in [5.41, 5.74) is 1.40. The van der Waals surface area contributed by atoms with Crippen LogP contribution in [0.1, 0.15) is 29.2 Å². The van der Waals surface area contributed by atoms with Crippen molar-refractivity contribution in [1.29, 1.82) is 0 Å². The quantitative estimate of drug-likeness (QED) is 0.785. The molecule has 0 saturated carbocycles. The predicted octanol–water partition coefficient (Wildman–Crippen LogP) is 2.66. The number of halogens is 1. The molecule has 21 heavy (non-hydrogen) atoms. The van der Waals surface area contributed by atoms with Crippen molar-refractivity contribution in [2.45, 2.75) is 18.9 Å². The molecule has 0 atom stereocenters. The van der Waals surface area contributed by atoms with E-state index in [1.165, 1.54) is 0 Å². The zero-order valence-corrected chi connectivity index (χ0v) is 13.7. The largest absolute Gasteiger partial charge is 0.319 e. The molecule has 3 rings (SSSR count). The molecule has 0 unspecified atom stereocenters. The number of rotatable bonds is 3. The lowest BCUT2D eigenvalue weighted by Crippen LogP contribution is -2.29. The van der Waals surface area contributed by atoms with E-state index in [1.807, 2.05) is 35.1 Å². The van der Waals surface area contributed by atoms with Gasteiger partial charge in [-0.25, -0.2) is 0 Å². The summed E-state index contributed by atoms with van der Waals surface area (Å²) in [6.45, 7) is 2.05. The van der Waals surface area contributed by atoms with Crippen LogP contribution in [0.4, 0.5) is 5.69 Å². The lowest BCUT2D eigenvalue weighted by molar-refractivity contribution is 0.102. The summed E-state index contributed by atoms with van der Waals surface area (Å²) in [7, 11) is 0. The van der Waals surface area contributed by atoms with Crippen molar-refractivity contribution in [2.75, 3.05) is 18.4 Å². The first-order chi connectivity index (χ1) is 10.2. The molecule has 1 aromatic heterocycles. The van der Waals surface area contributed by atoms with Crippen molar-refractivity contribution in [2.24, 2.45) is 0 Å². The molecule has 5 nitrogen and oxygen atoms in total. The van der Waals surface area contributed by atoms with E-state index < -0.39 is 0 Å². The lowest BCUT2D eigenvalue weighted by atomic mass is 10.1. The van der Waals surface area contributed by atoms with E-state index in [1.54, 1.807) is 6.20 Å². The summed E-state index contributed by atoms with van der Waals surface area (Å²) in [6, 6.07) is 7.93. The number of aromatic nitrogens is 2. The molecule has 0 radical (unpaired) electrons. The number of amides is 1. The average Bonchev–Trinajstić information content (AvgIpc) is 2.97. The molecule has 110 valence electrons. The summed E-state index contributed by atoms with van der Waals surface area (Å²) in [4.78, 5) is 12.2. The smallest absolute Gasteiger partial charge is 0.255 e. The molecule has 0 aliphatic carbocycles. The van der Waals surface area contributed by atoms with Crippen molar-refractivity contribution in [3.05, 3.63) is 45.8 Å². The summed E-state index contributed by atoms with van der Waals surface area (Å²) >= 11 is 2.22. The second-order valence-electron chi connectivity index (χ2n) is 5.15. The number of carbonyl (C=O) groups excluding carboxylic acids is 1. The lowest BCUT2D eigenvalue weighted by Gasteiger charge is -2.22. The van der Waals surface area contributed by atoms with Crippen LogP contribution in [0.25, 0.3) is 0 Å². The van der Waals surface area contributed by atoms with Crippen LogP contribution in [-0.2, 0) is 0 Å². The Morgan fingerprint density at radius 2 is 2.00 bits per heavy atom. The van der Waals surface area contributed by atoms with Gasteiger partial charge in [-0.15, -0.1) is 0 Å². The minimum Gasteiger partial charge on any atom is -0.319 e. The van der Waals surface area contributed by atoms with E-state index in [-0.39, 0.29) is 5.91 Å². The van der Waals surface area contributed by atoms with Crippen LogP contribution in [0, 0.1) is 3.57 Å². The minimum atomic E-state index is -0.101. The van der Waals surface area contributed by atoms with Gasteiger partial charge in [-0.2, -0.15) is 5.10 Å². The first-order valence-electron chi connectivity index (χ1n) is 7.04. The van der Waals surface area contributed by atoms with Crippen molar-refractivity contribution in [3.63, 3.8) is 0 Å². The van der Waals surface area contributed by atoms with E-state index in [9.17, 15) is 4.79 Å². The molecule has 1 aliphatic heterocycles. The van der Waals surface area contributed by atoms with Crippen LogP contribution in [-0.4, -0.2) is 28.8 Å². The Bertz CT molecular complexity index is 617. The topological polar surface area (TPSA) is 59.0 Å². The standard InChI is InChI=1S/C15H17IN4O/c16-12-3-1-11(2-4-12)15(21)19-13-9-18-20(10-13)14-5-7-17-8-6-14/h1-4,9-10,14,17H,5-8H2,(H,19,21). The second-order valence-corrected chi connectivity index (χ2v) is 6.40. The van der Waals surface area contributed by atoms with Crippen LogP contribution >= 0.6 is 22.6 Å². The fourth-order valence-corrected chi connectivity index (χ4v) is 2.84. The molecule has 1 aliphatic rings. The molecule has 2 heterocycles. The number of benzene rings is 1. The Morgan fingerprint density at radius 3 is 2.71 bits per heavy atom. The second kappa shape index (κ2) is 6.57. The van der Waals surface area contributed by atoms with Gasteiger partial charge in [0.1, 0.15) is 0 Å². The highest BCUT2D eigenvalue weighted by atomic mass is 127. The molecule has 2 N–H and O–H groups in total. The van der Waals surface area contributed by atoms with Gasteiger partial charge in [-0.1, -0.05) is 0 Å². The number of nitrogens with zero attached hydrogens (tertiary/aromatic N) is 2. The monoisotopic (exact) mass is 396 g/mol. The Kier molecular flexibility index (Phi) is 4.54. The van der Waals surface area contributed by atoms with Gasteiger partial charge in [0.25, 0.3) is 5.91 Å². The Morgan fingerprint density at radius 1 is 1.29 bits per heavy atom. The van der Waals surface area contributed by atoms with Crippen LogP contribution < -0.4 is 10.6 Å². The van der Waals surface area contributed by atoms with Crippen molar-refractivity contribution < 1.29 is 4.79 Å². The molecule has 1 aromatic carbocycles. The number of anilines is 1. The Hall–Kier alpha value is -1.41. The van der Waals surface area contributed by atoms with Gasteiger partial charge in [-0.05, 0) is 72.8 Å². The molecule has 0 spiro atoms. The third-order valence-electron chi connectivity index (χ3n) is 3.65. The average molecular weight is 396 g/mol. The van der Waals surface area contributed by atoms with Gasteiger partial charge in [-0.3, -0.25) is 9.48 Å². The maximum atomic E-state index is 12.2. The molecule has 2 aromatic rings. The fourth-order valence-electron chi connectivity index (χ4n) is 2.48. The third kappa shape index (κ3) is 3.62. The highest BCUT2D eigenvalue weighted by Crippen LogP contribution is 2.19. The molecule has 6 heteroatoms. The summed E-state index contributed by atoms with van der Waals surface area (Å²) in [5, 5.41) is 10.6. The minimum absolute atomic E-state index is 0.101. The number of nitrogens with one attached hydrogen (secondary N) is 2. The first-order valence-corrected chi connectivity index (χ1v) is 8.12. The zero-order chi connectivity index (χ0) is 14.7. The normalized spacial score (nSPS) is 15.9. The summed E-state index contributed by atoms with van der Waals surface area (Å²) in [6.07, 6.45) is 5.78. The first kappa shape index (κ1) is 14.5. The molecule has 0 bridgehead atoms. The molecule has 1 amide bonds. The number of hydrogen-bond acceptors (Lipinski definition) is 3. The fraction of sp³-hybridized carbons (Fsp3) is 0.333. The molecule has 1 fully saturated rings. The third-order valence-corrected chi connectivity index (χ3v) is 4.37. The molecule has 1 saturated heterocycles. The summed E-state index contributed by atoms with van der Waals surface area (Å²) < 4.78 is 3.08. The zero-order valence-electron chi connectivity index (χ0n) is 11.6. The number of piperidine rings is 1. The maximum Gasteiger partial charge on any atom is 0.255 e. The van der Waals surface area contributed by atoms with Crippen molar-refractivity contribution in [1.82, 2.24) is 15.1 Å². The molecular weight excluding hydrogens is 379 g/mol. The van der Waals surface area contributed by atoms with E-state index >= 15 is 0 Å². The predicted molar refractivity (Wildman–Crippen MR) is 90.5 cm³/mol. The summed E-state index contributed by atoms with van der Waals surface area (Å²) in [5.74, 6) is -0.101. The van der Waals surface area contributed by atoms with Crippen LogP contribution in [0.15, 0.2) is 36.7 Å². The highest BCUT2D eigenvalue weighted by Gasteiger charge is 2.16. The SMILES string of the molecule is O=C(Nc1cnn(C2CCNCC2)c1)c1ccc(I)cc1. The van der Waals surface area contributed by atoms with Gasteiger partial charge in [0.2, 0.25) is 0 Å². The molecular formula is C15H17IN4O.